The van der Waals surface area contributed by atoms with Crippen molar-refractivity contribution >= 4 is 5.91 Å². The topological polar surface area (TPSA) is 58.4 Å². The minimum Gasteiger partial charge on any atom is -0.355 e. The van der Waals surface area contributed by atoms with Crippen molar-refractivity contribution in [1.29, 1.82) is 0 Å². The number of hydrogen-bond acceptors (Lipinski definition) is 3. The fraction of sp³-hybridized carbons (Fsp3) is 0.381. The molecular formula is C21H27N3O. The van der Waals surface area contributed by atoms with Gasteiger partial charge in [0.1, 0.15) is 0 Å². The van der Waals surface area contributed by atoms with Crippen molar-refractivity contribution in [2.75, 3.05) is 19.6 Å². The van der Waals surface area contributed by atoms with Crippen molar-refractivity contribution < 1.29 is 4.79 Å². The summed E-state index contributed by atoms with van der Waals surface area (Å²) in [6.45, 7) is 4.16. The first-order chi connectivity index (χ1) is 12.2. The number of hydrogen-bond donors (Lipinski definition) is 2. The second kappa shape index (κ2) is 8.28. The second-order valence-corrected chi connectivity index (χ2v) is 6.73. The quantitative estimate of drug-likeness (QED) is 0.851. The molecule has 0 spiro atoms. The summed E-state index contributed by atoms with van der Waals surface area (Å²) >= 11 is 0. The molecule has 2 atom stereocenters. The van der Waals surface area contributed by atoms with E-state index in [1.807, 2.05) is 19.1 Å². The van der Waals surface area contributed by atoms with E-state index in [2.05, 4.69) is 58.7 Å². The molecule has 0 aromatic heterocycles. The van der Waals surface area contributed by atoms with Crippen LogP contribution in [-0.2, 0) is 4.79 Å². The van der Waals surface area contributed by atoms with Crippen molar-refractivity contribution in [1.82, 2.24) is 10.2 Å². The Morgan fingerprint density at radius 2 is 1.68 bits per heavy atom. The van der Waals surface area contributed by atoms with Crippen LogP contribution in [0.1, 0.15) is 30.4 Å². The van der Waals surface area contributed by atoms with E-state index in [9.17, 15) is 4.79 Å². The molecule has 2 aromatic rings. The van der Waals surface area contributed by atoms with Gasteiger partial charge in [-0.3, -0.25) is 9.69 Å². The molecule has 4 nitrogen and oxygen atoms in total. The third kappa shape index (κ3) is 4.27. The minimum absolute atomic E-state index is 0.0554. The van der Waals surface area contributed by atoms with Crippen LogP contribution in [0.2, 0.25) is 0 Å². The van der Waals surface area contributed by atoms with Gasteiger partial charge in [-0.15, -0.1) is 0 Å². The fourth-order valence-corrected chi connectivity index (χ4v) is 3.71. The first-order valence-corrected chi connectivity index (χ1v) is 9.06. The van der Waals surface area contributed by atoms with Gasteiger partial charge in [-0.25, -0.2) is 0 Å². The average Bonchev–Trinajstić information content (AvgIpc) is 3.02. The number of carbonyl (C=O) groups excluding carboxylic acids is 1. The summed E-state index contributed by atoms with van der Waals surface area (Å²) in [6, 6.07) is 20.9. The molecule has 0 radical (unpaired) electrons. The van der Waals surface area contributed by atoms with Crippen molar-refractivity contribution in [3.05, 3.63) is 71.8 Å². The van der Waals surface area contributed by atoms with Crippen LogP contribution in [0.5, 0.6) is 0 Å². The molecule has 3 N–H and O–H groups in total. The number of nitrogens with two attached hydrogens (primary N) is 1. The first-order valence-electron chi connectivity index (χ1n) is 9.06. The van der Waals surface area contributed by atoms with Gasteiger partial charge in [-0.2, -0.15) is 0 Å². The van der Waals surface area contributed by atoms with Gasteiger partial charge in [0, 0.05) is 31.6 Å². The molecular weight excluding hydrogens is 310 g/mol. The van der Waals surface area contributed by atoms with Crippen LogP contribution in [0.3, 0.4) is 0 Å². The smallest absolute Gasteiger partial charge is 0.237 e. The molecule has 132 valence electrons. The van der Waals surface area contributed by atoms with Gasteiger partial charge < -0.3 is 11.1 Å². The first kappa shape index (κ1) is 17.6. The Kier molecular flexibility index (Phi) is 5.84. The zero-order valence-corrected chi connectivity index (χ0v) is 14.8. The molecule has 1 saturated heterocycles. The van der Waals surface area contributed by atoms with Gasteiger partial charge in [0.25, 0.3) is 0 Å². The van der Waals surface area contributed by atoms with E-state index in [0.29, 0.717) is 6.54 Å². The van der Waals surface area contributed by atoms with E-state index in [1.165, 1.54) is 11.1 Å². The predicted molar refractivity (Wildman–Crippen MR) is 101 cm³/mol. The van der Waals surface area contributed by atoms with Crippen LogP contribution in [-0.4, -0.2) is 42.5 Å². The van der Waals surface area contributed by atoms with E-state index < -0.39 is 0 Å². The fourth-order valence-electron chi connectivity index (χ4n) is 3.71. The van der Waals surface area contributed by atoms with E-state index in [1.54, 1.807) is 0 Å². The van der Waals surface area contributed by atoms with Crippen molar-refractivity contribution in [3.8, 4) is 0 Å². The lowest BCUT2D eigenvalue weighted by Gasteiger charge is -2.29. The second-order valence-electron chi connectivity index (χ2n) is 6.73. The Morgan fingerprint density at radius 3 is 2.20 bits per heavy atom. The molecule has 2 aromatic carbocycles. The maximum Gasteiger partial charge on any atom is 0.237 e. The number of likely N-dealkylation sites (N-methyl/N-ethyl adjacent to an activating group) is 1. The number of amides is 1. The number of carbonyl (C=O) groups is 1. The number of benzene rings is 2. The van der Waals surface area contributed by atoms with Crippen molar-refractivity contribution in [3.63, 3.8) is 0 Å². The Morgan fingerprint density at radius 1 is 1.12 bits per heavy atom. The summed E-state index contributed by atoms with van der Waals surface area (Å²) in [7, 11) is 0. The summed E-state index contributed by atoms with van der Waals surface area (Å²) in [6.07, 6.45) is 0.724. The average molecular weight is 337 g/mol. The number of nitrogens with zero attached hydrogens (tertiary/aromatic N) is 1. The van der Waals surface area contributed by atoms with E-state index in [0.717, 1.165) is 19.5 Å². The number of rotatable bonds is 6. The predicted octanol–water partition coefficient (Wildman–Crippen LogP) is 2.36. The molecule has 1 fully saturated rings. The molecule has 4 heteroatoms. The van der Waals surface area contributed by atoms with Gasteiger partial charge in [-0.05, 0) is 24.5 Å². The molecule has 0 bridgehead atoms. The van der Waals surface area contributed by atoms with Gasteiger partial charge in [-0.1, -0.05) is 60.7 Å². The van der Waals surface area contributed by atoms with Crippen LogP contribution in [0.15, 0.2) is 60.7 Å². The van der Waals surface area contributed by atoms with Crippen LogP contribution >= 0.6 is 0 Å². The lowest BCUT2D eigenvalue weighted by atomic mass is 9.90. The van der Waals surface area contributed by atoms with E-state index in [4.69, 9.17) is 5.73 Å². The summed E-state index contributed by atoms with van der Waals surface area (Å²) in [5.74, 6) is 0.319. The highest BCUT2D eigenvalue weighted by atomic mass is 16.2. The maximum absolute atomic E-state index is 12.4. The zero-order valence-electron chi connectivity index (χ0n) is 14.8. The van der Waals surface area contributed by atoms with Crippen LogP contribution < -0.4 is 11.1 Å². The van der Waals surface area contributed by atoms with Gasteiger partial charge >= 0.3 is 0 Å². The van der Waals surface area contributed by atoms with Gasteiger partial charge in [0.15, 0.2) is 0 Å². The summed E-state index contributed by atoms with van der Waals surface area (Å²) in [4.78, 5) is 14.7. The third-order valence-electron chi connectivity index (χ3n) is 4.91. The zero-order chi connectivity index (χ0) is 17.6. The summed E-state index contributed by atoms with van der Waals surface area (Å²) in [5.41, 5.74) is 8.72. The lowest BCUT2D eigenvalue weighted by Crippen LogP contribution is -2.44. The Labute approximate surface area is 150 Å². The Hall–Kier alpha value is -2.17. The monoisotopic (exact) mass is 337 g/mol. The largest absolute Gasteiger partial charge is 0.355 e. The lowest BCUT2D eigenvalue weighted by molar-refractivity contribution is -0.125. The third-order valence-corrected chi connectivity index (χ3v) is 4.91. The number of nitrogens with one attached hydrogen (secondary N) is 1. The standard InChI is InChI=1S/C21H27N3O/c1-2-23-21(25)20-13-18(22)14-24(20)15-19(16-9-5-3-6-10-16)17-11-7-4-8-12-17/h3-12,18-20H,2,13-15,22H2,1H3,(H,23,25)/t18-,20+/m1/s1. The Bertz CT molecular complexity index is 635. The minimum atomic E-state index is -0.134. The van der Waals surface area contributed by atoms with Crippen molar-refractivity contribution in [2.45, 2.75) is 31.3 Å². The highest BCUT2D eigenvalue weighted by Crippen LogP contribution is 2.28. The van der Waals surface area contributed by atoms with Gasteiger partial charge in [0.05, 0.1) is 6.04 Å². The molecule has 1 aliphatic heterocycles. The van der Waals surface area contributed by atoms with E-state index in [-0.39, 0.29) is 23.9 Å². The molecule has 1 aliphatic rings. The van der Waals surface area contributed by atoms with Crippen LogP contribution in [0.4, 0.5) is 0 Å². The maximum atomic E-state index is 12.4. The van der Waals surface area contributed by atoms with Crippen LogP contribution in [0.25, 0.3) is 0 Å². The van der Waals surface area contributed by atoms with Crippen LogP contribution in [0, 0.1) is 0 Å². The normalized spacial score (nSPS) is 20.8. The highest BCUT2D eigenvalue weighted by Gasteiger charge is 2.36. The molecule has 0 aliphatic carbocycles. The molecule has 0 unspecified atom stereocenters. The summed E-state index contributed by atoms with van der Waals surface area (Å²) < 4.78 is 0. The molecule has 1 amide bonds. The highest BCUT2D eigenvalue weighted by molar-refractivity contribution is 5.82. The molecule has 0 saturated carbocycles. The molecule has 3 rings (SSSR count). The Balaban J connectivity index is 1.86. The number of likely N-dealkylation sites (tertiary alicyclic amines) is 1. The summed E-state index contributed by atoms with van der Waals surface area (Å²) in [5, 5.41) is 2.95. The van der Waals surface area contributed by atoms with E-state index >= 15 is 0 Å². The van der Waals surface area contributed by atoms with Gasteiger partial charge in [0.2, 0.25) is 5.91 Å². The van der Waals surface area contributed by atoms with Crippen molar-refractivity contribution in [2.24, 2.45) is 5.73 Å². The molecule has 25 heavy (non-hydrogen) atoms. The molecule has 1 heterocycles. The SMILES string of the molecule is CCNC(=O)[C@@H]1C[C@@H](N)CN1CC(c1ccccc1)c1ccccc1.